The molecule has 0 saturated heterocycles. The first-order valence-corrected chi connectivity index (χ1v) is 8.26. The predicted octanol–water partition coefficient (Wildman–Crippen LogP) is 2.33. The van der Waals surface area contributed by atoms with Gasteiger partial charge in [0.25, 0.3) is 5.91 Å². The van der Waals surface area contributed by atoms with E-state index in [2.05, 4.69) is 10.6 Å². The van der Waals surface area contributed by atoms with E-state index < -0.39 is 11.8 Å². The van der Waals surface area contributed by atoms with Gasteiger partial charge < -0.3 is 20.5 Å². The Hall–Kier alpha value is -3.39. The molecule has 8 heteroatoms. The maximum Gasteiger partial charge on any atom is 0.250 e. The van der Waals surface area contributed by atoms with Gasteiger partial charge in [-0.2, -0.15) is 0 Å². The summed E-state index contributed by atoms with van der Waals surface area (Å²) in [5.74, 6) is 0.123. The molecule has 0 aromatic heterocycles. The van der Waals surface area contributed by atoms with E-state index in [1.54, 1.807) is 55.7 Å². The van der Waals surface area contributed by atoms with Crippen LogP contribution in [0.1, 0.15) is 15.9 Å². The van der Waals surface area contributed by atoms with Crippen LogP contribution in [0.5, 0.6) is 11.5 Å². The molecule has 0 atom stereocenters. The Kier molecular flexibility index (Phi) is 6.90. The van der Waals surface area contributed by atoms with Gasteiger partial charge in [0.2, 0.25) is 5.91 Å². The third-order valence-corrected chi connectivity index (χ3v) is 3.72. The van der Waals surface area contributed by atoms with Crippen LogP contribution in [0.2, 0.25) is 0 Å². The van der Waals surface area contributed by atoms with Crippen molar-refractivity contribution in [1.29, 1.82) is 0 Å². The van der Waals surface area contributed by atoms with E-state index in [9.17, 15) is 9.59 Å². The number of hydrogen-bond acceptors (Lipinski definition) is 5. The second-order valence-corrected chi connectivity index (χ2v) is 5.71. The Bertz CT molecular complexity index is 896. The summed E-state index contributed by atoms with van der Waals surface area (Å²) in [6.07, 6.45) is 2.94. The van der Waals surface area contributed by atoms with Gasteiger partial charge in [-0.1, -0.05) is 18.2 Å². The van der Waals surface area contributed by atoms with E-state index >= 15 is 0 Å². The van der Waals surface area contributed by atoms with Crippen LogP contribution in [0.15, 0.2) is 48.5 Å². The molecule has 0 unspecified atom stereocenters. The van der Waals surface area contributed by atoms with Crippen molar-refractivity contribution >= 4 is 40.9 Å². The monoisotopic (exact) mass is 385 g/mol. The molecule has 2 aromatic rings. The van der Waals surface area contributed by atoms with Crippen molar-refractivity contribution in [2.45, 2.75) is 0 Å². The number of carbonyl (C=O) groups is 2. The van der Waals surface area contributed by atoms with Crippen LogP contribution in [0.3, 0.4) is 0 Å². The maximum absolute atomic E-state index is 12.0. The minimum atomic E-state index is -0.597. The molecule has 2 amide bonds. The lowest BCUT2D eigenvalue weighted by Gasteiger charge is -2.11. The number of rotatable bonds is 6. The second-order valence-electron chi connectivity index (χ2n) is 5.30. The molecule has 0 aliphatic carbocycles. The molecule has 2 aromatic carbocycles. The lowest BCUT2D eigenvalue weighted by molar-refractivity contribution is -0.115. The highest BCUT2D eigenvalue weighted by Crippen LogP contribution is 2.27. The van der Waals surface area contributed by atoms with Gasteiger partial charge in [0.1, 0.15) is 0 Å². The Balaban J connectivity index is 2.00. The number of anilines is 1. The molecule has 27 heavy (non-hydrogen) atoms. The van der Waals surface area contributed by atoms with Crippen LogP contribution in [0.25, 0.3) is 6.08 Å². The van der Waals surface area contributed by atoms with Crippen molar-refractivity contribution in [3.63, 3.8) is 0 Å². The van der Waals surface area contributed by atoms with E-state index in [0.717, 1.165) is 5.56 Å². The minimum absolute atomic E-state index is 0.0469. The van der Waals surface area contributed by atoms with Crippen LogP contribution in [-0.2, 0) is 4.79 Å². The summed E-state index contributed by atoms with van der Waals surface area (Å²) in [6, 6.07) is 11.9. The highest BCUT2D eigenvalue weighted by molar-refractivity contribution is 7.80. The molecule has 0 spiro atoms. The summed E-state index contributed by atoms with van der Waals surface area (Å²) in [7, 11) is 3.08. The highest BCUT2D eigenvalue weighted by Gasteiger charge is 2.09. The third kappa shape index (κ3) is 5.55. The molecular weight excluding hydrogens is 366 g/mol. The van der Waals surface area contributed by atoms with Crippen LogP contribution in [0.4, 0.5) is 5.69 Å². The molecule has 140 valence electrons. The molecule has 0 radical (unpaired) electrons. The molecule has 0 fully saturated rings. The zero-order valence-electron chi connectivity index (χ0n) is 14.8. The number of thiocarbonyl (C=S) groups is 1. The first-order chi connectivity index (χ1) is 12.9. The Labute approximate surface area is 162 Å². The fraction of sp³-hybridized carbons (Fsp3) is 0.105. The minimum Gasteiger partial charge on any atom is -0.493 e. The number of primary amides is 1. The van der Waals surface area contributed by atoms with E-state index in [1.165, 1.54) is 13.2 Å². The van der Waals surface area contributed by atoms with Gasteiger partial charge in [-0.3, -0.25) is 14.9 Å². The number of ether oxygens (including phenoxy) is 2. The Morgan fingerprint density at radius 3 is 2.44 bits per heavy atom. The molecule has 0 aliphatic rings. The first kappa shape index (κ1) is 19.9. The number of methoxy groups -OCH3 is 2. The quantitative estimate of drug-likeness (QED) is 0.521. The number of nitrogens with one attached hydrogen (secondary N) is 2. The highest BCUT2D eigenvalue weighted by atomic mass is 32.1. The van der Waals surface area contributed by atoms with E-state index in [-0.39, 0.29) is 10.7 Å². The van der Waals surface area contributed by atoms with Crippen molar-refractivity contribution in [2.75, 3.05) is 19.5 Å². The fourth-order valence-electron chi connectivity index (χ4n) is 2.24. The van der Waals surface area contributed by atoms with Gasteiger partial charge in [-0.25, -0.2) is 0 Å². The van der Waals surface area contributed by atoms with Crippen LogP contribution >= 0.6 is 12.2 Å². The molecule has 2 rings (SSSR count). The van der Waals surface area contributed by atoms with Gasteiger partial charge in [0.05, 0.1) is 25.5 Å². The summed E-state index contributed by atoms with van der Waals surface area (Å²) in [4.78, 5) is 23.4. The van der Waals surface area contributed by atoms with Gasteiger partial charge in [-0.15, -0.1) is 0 Å². The Morgan fingerprint density at radius 2 is 1.78 bits per heavy atom. The first-order valence-electron chi connectivity index (χ1n) is 7.85. The number of amides is 2. The standard InChI is InChI=1S/C19H19N3O4S/c1-25-15-9-7-12(11-16(15)26-2)8-10-17(23)22-19(27)21-14-6-4-3-5-13(14)18(20)24/h3-11H,1-2H3,(H2,20,24)(H2,21,22,23,27). The number of carbonyl (C=O) groups excluding carboxylic acids is 2. The molecule has 4 N–H and O–H groups in total. The molecule has 0 saturated carbocycles. The number of nitrogens with two attached hydrogens (primary N) is 1. The lowest BCUT2D eigenvalue weighted by atomic mass is 10.1. The SMILES string of the molecule is COc1ccc(C=CC(=O)NC(=S)Nc2ccccc2C(N)=O)cc1OC. The normalized spacial score (nSPS) is 10.3. The molecule has 7 nitrogen and oxygen atoms in total. The molecular formula is C19H19N3O4S. The third-order valence-electron chi connectivity index (χ3n) is 3.51. The molecule has 0 heterocycles. The lowest BCUT2D eigenvalue weighted by Crippen LogP contribution is -2.33. The summed E-state index contributed by atoms with van der Waals surface area (Å²) < 4.78 is 10.4. The summed E-state index contributed by atoms with van der Waals surface area (Å²) in [6.45, 7) is 0. The number of hydrogen-bond donors (Lipinski definition) is 3. The van der Waals surface area contributed by atoms with Gasteiger partial charge in [0, 0.05) is 6.08 Å². The van der Waals surface area contributed by atoms with Crippen molar-refractivity contribution < 1.29 is 19.1 Å². The van der Waals surface area contributed by atoms with Crippen molar-refractivity contribution in [2.24, 2.45) is 5.73 Å². The van der Waals surface area contributed by atoms with E-state index in [4.69, 9.17) is 27.4 Å². The number of para-hydroxylation sites is 1. The van der Waals surface area contributed by atoms with Crippen molar-refractivity contribution in [3.05, 3.63) is 59.7 Å². The summed E-state index contributed by atoms with van der Waals surface area (Å²) >= 11 is 5.10. The zero-order chi connectivity index (χ0) is 19.8. The van der Waals surface area contributed by atoms with Gasteiger partial charge in [0.15, 0.2) is 16.6 Å². The topological polar surface area (TPSA) is 103 Å². The van der Waals surface area contributed by atoms with Crippen LogP contribution < -0.4 is 25.8 Å². The number of benzene rings is 2. The second kappa shape index (κ2) is 9.35. The summed E-state index contributed by atoms with van der Waals surface area (Å²) in [5, 5.41) is 5.33. The van der Waals surface area contributed by atoms with E-state index in [0.29, 0.717) is 17.2 Å². The van der Waals surface area contributed by atoms with Crippen LogP contribution in [0, 0.1) is 0 Å². The van der Waals surface area contributed by atoms with Crippen LogP contribution in [-0.4, -0.2) is 31.1 Å². The van der Waals surface area contributed by atoms with Crippen molar-refractivity contribution in [1.82, 2.24) is 5.32 Å². The smallest absolute Gasteiger partial charge is 0.250 e. The fourth-order valence-corrected chi connectivity index (χ4v) is 2.45. The average Bonchev–Trinajstić information content (AvgIpc) is 2.66. The van der Waals surface area contributed by atoms with E-state index in [1.807, 2.05) is 0 Å². The zero-order valence-corrected chi connectivity index (χ0v) is 15.6. The molecule has 0 aliphatic heterocycles. The van der Waals surface area contributed by atoms with Crippen molar-refractivity contribution in [3.8, 4) is 11.5 Å². The summed E-state index contributed by atoms with van der Waals surface area (Å²) in [5.41, 5.74) is 6.75. The van der Waals surface area contributed by atoms with Gasteiger partial charge in [-0.05, 0) is 48.1 Å². The van der Waals surface area contributed by atoms with Gasteiger partial charge >= 0.3 is 0 Å². The largest absolute Gasteiger partial charge is 0.493 e. The molecule has 0 bridgehead atoms. The maximum atomic E-state index is 12.0. The predicted molar refractivity (Wildman–Crippen MR) is 108 cm³/mol. The Morgan fingerprint density at radius 1 is 1.07 bits per heavy atom. The average molecular weight is 385 g/mol.